The molecule has 1 N–H and O–H groups in total. The zero-order valence-corrected chi connectivity index (χ0v) is 17.0. The zero-order valence-electron chi connectivity index (χ0n) is 15.4. The lowest BCUT2D eigenvalue weighted by Gasteiger charge is -2.41. The number of H-pyrrole nitrogens is 1. The Bertz CT molecular complexity index is 968. The molecule has 27 heavy (non-hydrogen) atoms. The minimum absolute atomic E-state index is 0.116. The number of ether oxygens (including phenoxy) is 2. The van der Waals surface area contributed by atoms with Crippen molar-refractivity contribution < 1.29 is 14.3 Å². The summed E-state index contributed by atoms with van der Waals surface area (Å²) < 4.78 is 12.3. The van der Waals surface area contributed by atoms with Gasteiger partial charge in [-0.1, -0.05) is 15.9 Å². The largest absolute Gasteiger partial charge is 0.490 e. The van der Waals surface area contributed by atoms with Crippen molar-refractivity contribution in [3.63, 3.8) is 0 Å². The van der Waals surface area contributed by atoms with Crippen LogP contribution in [0, 0.1) is 0 Å². The Morgan fingerprint density at radius 1 is 1.37 bits per heavy atom. The van der Waals surface area contributed by atoms with Gasteiger partial charge in [-0.25, -0.2) is 9.59 Å². The highest BCUT2D eigenvalue weighted by Crippen LogP contribution is 2.38. The van der Waals surface area contributed by atoms with Crippen molar-refractivity contribution in [2.45, 2.75) is 32.4 Å². The van der Waals surface area contributed by atoms with Gasteiger partial charge in [-0.05, 0) is 32.9 Å². The van der Waals surface area contributed by atoms with E-state index in [4.69, 9.17) is 9.47 Å². The Kier molecular flexibility index (Phi) is 4.29. The van der Waals surface area contributed by atoms with Gasteiger partial charge in [0.2, 0.25) is 0 Å². The molecule has 4 rings (SSSR count). The molecule has 0 spiro atoms. The number of amides is 1. The summed E-state index contributed by atoms with van der Waals surface area (Å²) in [5, 5.41) is 0.783. The maximum atomic E-state index is 12.4. The fourth-order valence-corrected chi connectivity index (χ4v) is 3.92. The molecule has 3 heterocycles. The number of nitrogens with one attached hydrogen (secondary N) is 1. The number of piperazine rings is 1. The summed E-state index contributed by atoms with van der Waals surface area (Å²) in [5.41, 5.74) is -0.279. The van der Waals surface area contributed by atoms with Gasteiger partial charge in [0.15, 0.2) is 0 Å². The molecule has 1 fully saturated rings. The van der Waals surface area contributed by atoms with Gasteiger partial charge in [0.25, 0.3) is 0 Å². The lowest BCUT2D eigenvalue weighted by molar-refractivity contribution is 0.0202. The number of hydrogen-bond acceptors (Lipinski definition) is 6. The van der Waals surface area contributed by atoms with Crippen LogP contribution >= 0.6 is 15.9 Å². The molecule has 0 saturated carbocycles. The Labute approximate surface area is 164 Å². The average Bonchev–Trinajstić information content (AvgIpc) is 2.70. The number of halogens is 1. The molecule has 1 aromatic heterocycles. The third-order valence-corrected chi connectivity index (χ3v) is 5.04. The molecule has 0 bridgehead atoms. The van der Waals surface area contributed by atoms with E-state index >= 15 is 0 Å². The van der Waals surface area contributed by atoms with E-state index in [-0.39, 0.29) is 12.1 Å². The molecule has 2 aliphatic rings. The summed E-state index contributed by atoms with van der Waals surface area (Å²) >= 11 is 3.45. The molecule has 1 atom stereocenters. The van der Waals surface area contributed by atoms with E-state index in [0.717, 1.165) is 9.86 Å². The monoisotopic (exact) mass is 436 g/mol. The fourth-order valence-electron chi connectivity index (χ4n) is 3.48. The van der Waals surface area contributed by atoms with E-state index < -0.39 is 11.3 Å². The van der Waals surface area contributed by atoms with Gasteiger partial charge in [-0.3, -0.25) is 0 Å². The second kappa shape index (κ2) is 6.40. The van der Waals surface area contributed by atoms with E-state index in [9.17, 15) is 9.59 Å². The van der Waals surface area contributed by atoms with Crippen molar-refractivity contribution >= 4 is 38.7 Å². The number of aromatic amines is 1. The summed E-state index contributed by atoms with van der Waals surface area (Å²) in [7, 11) is 0. The predicted octanol–water partition coefficient (Wildman–Crippen LogP) is 2.50. The van der Waals surface area contributed by atoms with Crippen LogP contribution in [0.5, 0.6) is 5.75 Å². The van der Waals surface area contributed by atoms with Gasteiger partial charge < -0.3 is 24.3 Å². The lowest BCUT2D eigenvalue weighted by atomic mass is 10.1. The van der Waals surface area contributed by atoms with Crippen LogP contribution in [0.2, 0.25) is 0 Å². The van der Waals surface area contributed by atoms with Gasteiger partial charge >= 0.3 is 11.8 Å². The number of anilines is 1. The highest BCUT2D eigenvalue weighted by atomic mass is 79.9. The topological polar surface area (TPSA) is 87.8 Å². The maximum absolute atomic E-state index is 12.4. The number of carbonyl (C=O) groups excluding carboxylic acids is 1. The van der Waals surface area contributed by atoms with E-state index in [0.29, 0.717) is 43.3 Å². The van der Waals surface area contributed by atoms with Crippen LogP contribution in [0.3, 0.4) is 0 Å². The highest BCUT2D eigenvalue weighted by Gasteiger charge is 2.36. The summed E-state index contributed by atoms with van der Waals surface area (Å²) in [4.78, 5) is 35.3. The predicted molar refractivity (Wildman–Crippen MR) is 104 cm³/mol. The van der Waals surface area contributed by atoms with Gasteiger partial charge in [-0.15, -0.1) is 0 Å². The first-order chi connectivity index (χ1) is 12.7. The van der Waals surface area contributed by atoms with Gasteiger partial charge in [0.1, 0.15) is 23.8 Å². The van der Waals surface area contributed by atoms with Crippen LogP contribution in [-0.2, 0) is 4.74 Å². The first-order valence-electron chi connectivity index (χ1n) is 8.82. The Morgan fingerprint density at radius 3 is 2.89 bits per heavy atom. The van der Waals surface area contributed by atoms with Crippen molar-refractivity contribution in [1.29, 1.82) is 0 Å². The van der Waals surface area contributed by atoms with Crippen LogP contribution in [-0.4, -0.2) is 58.8 Å². The minimum atomic E-state index is -0.545. The number of rotatable bonds is 0. The first kappa shape index (κ1) is 18.1. The van der Waals surface area contributed by atoms with Crippen molar-refractivity contribution in [2.24, 2.45) is 0 Å². The molecule has 9 heteroatoms. The Morgan fingerprint density at radius 2 is 2.15 bits per heavy atom. The molecule has 1 saturated heterocycles. The second-order valence-corrected chi connectivity index (χ2v) is 8.69. The average molecular weight is 437 g/mol. The highest BCUT2D eigenvalue weighted by molar-refractivity contribution is 9.10. The van der Waals surface area contributed by atoms with Crippen LogP contribution in [0.4, 0.5) is 10.6 Å². The smallest absolute Gasteiger partial charge is 0.410 e. The fraction of sp³-hybridized carbons (Fsp3) is 0.500. The van der Waals surface area contributed by atoms with E-state index in [1.54, 1.807) is 4.90 Å². The lowest BCUT2D eigenvalue weighted by Crippen LogP contribution is -2.57. The third-order valence-electron chi connectivity index (χ3n) is 4.58. The Hall–Kier alpha value is -2.29. The molecular formula is C18H21BrN4O4. The number of benzene rings is 1. The van der Waals surface area contributed by atoms with Crippen LogP contribution < -0.4 is 15.3 Å². The second-order valence-electron chi connectivity index (χ2n) is 7.78. The number of aromatic nitrogens is 2. The molecule has 2 aromatic rings. The Balaban J connectivity index is 1.68. The van der Waals surface area contributed by atoms with Crippen molar-refractivity contribution in [1.82, 2.24) is 14.9 Å². The zero-order chi connectivity index (χ0) is 19.3. The molecule has 1 amide bonds. The number of hydrogen-bond donors (Lipinski definition) is 1. The molecule has 0 unspecified atom stereocenters. The molecule has 1 aromatic carbocycles. The number of nitrogens with zero attached hydrogens (tertiary/aromatic N) is 3. The van der Waals surface area contributed by atoms with Crippen LogP contribution in [0.25, 0.3) is 10.9 Å². The molecule has 144 valence electrons. The first-order valence-corrected chi connectivity index (χ1v) is 9.61. The van der Waals surface area contributed by atoms with Crippen LogP contribution in [0.1, 0.15) is 20.8 Å². The quantitative estimate of drug-likeness (QED) is 0.682. The summed E-state index contributed by atoms with van der Waals surface area (Å²) in [6.45, 7) is 7.42. The number of carbonyl (C=O) groups is 1. The molecule has 2 aliphatic heterocycles. The van der Waals surface area contributed by atoms with Crippen molar-refractivity contribution in [3.05, 3.63) is 27.1 Å². The normalized spacial score (nSPS) is 19.3. The summed E-state index contributed by atoms with van der Waals surface area (Å²) in [6.07, 6.45) is -0.337. The third kappa shape index (κ3) is 3.47. The maximum Gasteiger partial charge on any atom is 0.410 e. The van der Waals surface area contributed by atoms with Gasteiger partial charge in [0, 0.05) is 24.1 Å². The molecule has 0 aliphatic carbocycles. The molecular weight excluding hydrogens is 416 g/mol. The van der Waals surface area contributed by atoms with Gasteiger partial charge in [0.05, 0.1) is 16.9 Å². The van der Waals surface area contributed by atoms with Crippen molar-refractivity contribution in [3.8, 4) is 5.75 Å². The summed E-state index contributed by atoms with van der Waals surface area (Å²) in [5.74, 6) is 1.26. The van der Waals surface area contributed by atoms with Gasteiger partial charge in [-0.2, -0.15) is 4.98 Å². The van der Waals surface area contributed by atoms with E-state index in [2.05, 4.69) is 30.8 Å². The van der Waals surface area contributed by atoms with Crippen LogP contribution in [0.15, 0.2) is 21.4 Å². The summed E-state index contributed by atoms with van der Waals surface area (Å²) in [6, 6.07) is 3.59. The van der Waals surface area contributed by atoms with E-state index in [1.807, 2.05) is 32.9 Å². The minimum Gasteiger partial charge on any atom is -0.490 e. The molecule has 8 nitrogen and oxygen atoms in total. The SMILES string of the molecule is CC(C)(C)OC(=O)N1CCN2c3nc(=O)[nH]c4cc(Br)cc(c34)OC[C@H]2C1. The molecule has 0 radical (unpaired) electrons. The standard InChI is InChI=1S/C18H21BrN4O4/c1-18(2,3)27-17(25)22-4-5-23-11(8-22)9-26-13-7-10(19)6-12-14(13)15(23)21-16(24)20-12/h6-7,11H,4-5,8-9H2,1-3H3,(H,20,21,24)/t11-/m1/s1. The van der Waals surface area contributed by atoms with E-state index in [1.165, 1.54) is 0 Å². The number of fused-ring (bicyclic) bond motifs is 2. The van der Waals surface area contributed by atoms with Crippen molar-refractivity contribution in [2.75, 3.05) is 31.1 Å².